The van der Waals surface area contributed by atoms with E-state index >= 15 is 0 Å². The summed E-state index contributed by atoms with van der Waals surface area (Å²) in [6.07, 6.45) is -0.606. The zero-order valence-electron chi connectivity index (χ0n) is 18.6. The molecule has 33 heavy (non-hydrogen) atoms. The maximum atomic E-state index is 12.5. The molecule has 2 aliphatic heterocycles. The number of benzene rings is 2. The number of piperazine rings is 1. The first-order chi connectivity index (χ1) is 16.0. The van der Waals surface area contributed by atoms with E-state index in [9.17, 15) is 9.90 Å². The van der Waals surface area contributed by atoms with Crippen molar-refractivity contribution in [3.05, 3.63) is 58.6 Å². The Morgan fingerprint density at radius 1 is 1.12 bits per heavy atom. The van der Waals surface area contributed by atoms with Crippen LogP contribution in [0.4, 0.5) is 0 Å². The van der Waals surface area contributed by atoms with Crippen molar-refractivity contribution in [2.24, 2.45) is 0 Å². The van der Waals surface area contributed by atoms with Crippen LogP contribution in [0.2, 0.25) is 5.02 Å². The second-order valence-electron chi connectivity index (χ2n) is 8.14. The SMILES string of the molecule is COC(=O)C(c1ccccc1Cl)N1CCN(CC(O)COCc2ccc3c(c2)OCO3)CC1. The number of aliphatic hydroxyl groups excluding tert-OH is 1. The number of fused-ring (bicyclic) bond motifs is 1. The highest BCUT2D eigenvalue weighted by atomic mass is 35.5. The van der Waals surface area contributed by atoms with Crippen LogP contribution in [-0.2, 0) is 20.9 Å². The third kappa shape index (κ3) is 5.96. The molecule has 2 heterocycles. The first kappa shape index (κ1) is 23.8. The molecule has 2 unspecified atom stereocenters. The number of aliphatic hydroxyl groups is 1. The van der Waals surface area contributed by atoms with E-state index in [1.807, 2.05) is 36.4 Å². The van der Waals surface area contributed by atoms with Crippen LogP contribution in [0, 0.1) is 0 Å². The summed E-state index contributed by atoms with van der Waals surface area (Å²) in [7, 11) is 1.39. The zero-order valence-corrected chi connectivity index (χ0v) is 19.4. The number of halogens is 1. The number of esters is 1. The fourth-order valence-corrected chi connectivity index (χ4v) is 4.42. The summed E-state index contributed by atoms with van der Waals surface area (Å²) in [6.45, 7) is 4.13. The molecule has 0 aliphatic carbocycles. The Labute approximate surface area is 198 Å². The van der Waals surface area contributed by atoms with Crippen molar-refractivity contribution >= 4 is 17.6 Å². The predicted octanol–water partition coefficient (Wildman–Crippen LogP) is 2.48. The number of rotatable bonds is 9. The molecule has 0 saturated carbocycles. The normalized spacial score (nSPS) is 18.2. The molecule has 2 atom stereocenters. The van der Waals surface area contributed by atoms with Gasteiger partial charge >= 0.3 is 5.97 Å². The Morgan fingerprint density at radius 2 is 1.88 bits per heavy atom. The Balaban J connectivity index is 1.23. The van der Waals surface area contributed by atoms with Gasteiger partial charge in [0.1, 0.15) is 6.04 Å². The van der Waals surface area contributed by atoms with Crippen molar-refractivity contribution in [1.82, 2.24) is 9.80 Å². The van der Waals surface area contributed by atoms with Crippen LogP contribution in [-0.4, -0.2) is 80.2 Å². The molecule has 2 aliphatic rings. The fraction of sp³-hybridized carbons (Fsp3) is 0.458. The van der Waals surface area contributed by atoms with E-state index in [4.69, 9.17) is 30.5 Å². The number of carbonyl (C=O) groups excluding carboxylic acids is 1. The lowest BCUT2D eigenvalue weighted by molar-refractivity contribution is -0.148. The molecule has 1 fully saturated rings. The van der Waals surface area contributed by atoms with Gasteiger partial charge in [0.15, 0.2) is 11.5 Å². The van der Waals surface area contributed by atoms with E-state index in [2.05, 4.69) is 9.80 Å². The van der Waals surface area contributed by atoms with Gasteiger partial charge in [-0.05, 0) is 29.3 Å². The van der Waals surface area contributed by atoms with Crippen molar-refractivity contribution < 1.29 is 28.8 Å². The number of nitrogens with zero attached hydrogens (tertiary/aromatic N) is 2. The largest absolute Gasteiger partial charge is 0.468 e. The van der Waals surface area contributed by atoms with E-state index in [1.165, 1.54) is 7.11 Å². The summed E-state index contributed by atoms with van der Waals surface area (Å²) in [6, 6.07) is 12.5. The molecular formula is C24H29ClN2O6. The molecule has 8 nitrogen and oxygen atoms in total. The third-order valence-corrected chi connectivity index (χ3v) is 6.23. The van der Waals surface area contributed by atoms with Gasteiger partial charge in [-0.25, -0.2) is 4.79 Å². The standard InChI is InChI=1S/C24H29ClN2O6/c1-30-24(29)23(19-4-2-3-5-20(19)25)27-10-8-26(9-11-27)13-18(28)15-31-14-17-6-7-21-22(12-17)33-16-32-21/h2-7,12,18,23,28H,8-11,13-16H2,1H3. The highest BCUT2D eigenvalue weighted by Crippen LogP contribution is 2.33. The van der Waals surface area contributed by atoms with Crippen molar-refractivity contribution in [2.75, 3.05) is 53.2 Å². The number of carbonyl (C=O) groups is 1. The smallest absolute Gasteiger partial charge is 0.327 e. The van der Waals surface area contributed by atoms with Gasteiger partial charge < -0.3 is 24.1 Å². The summed E-state index contributed by atoms with van der Waals surface area (Å²) in [5.41, 5.74) is 1.71. The quantitative estimate of drug-likeness (QED) is 0.553. The zero-order chi connectivity index (χ0) is 23.2. The molecule has 178 valence electrons. The van der Waals surface area contributed by atoms with E-state index in [0.717, 1.165) is 35.7 Å². The Morgan fingerprint density at radius 3 is 2.64 bits per heavy atom. The number of ether oxygens (including phenoxy) is 4. The molecule has 2 aromatic rings. The van der Waals surface area contributed by atoms with E-state index < -0.39 is 12.1 Å². The molecule has 0 aromatic heterocycles. The summed E-state index contributed by atoms with van der Waals surface area (Å²) in [4.78, 5) is 16.8. The summed E-state index contributed by atoms with van der Waals surface area (Å²) < 4.78 is 21.4. The molecule has 2 aromatic carbocycles. The lowest BCUT2D eigenvalue weighted by Crippen LogP contribution is -2.51. The van der Waals surface area contributed by atoms with E-state index in [0.29, 0.717) is 31.3 Å². The number of methoxy groups -OCH3 is 1. The van der Waals surface area contributed by atoms with Crippen molar-refractivity contribution in [1.29, 1.82) is 0 Å². The Hall–Kier alpha value is -2.36. The molecule has 1 N–H and O–H groups in total. The first-order valence-corrected chi connectivity index (χ1v) is 11.4. The predicted molar refractivity (Wildman–Crippen MR) is 122 cm³/mol. The Bertz CT molecular complexity index is 950. The molecular weight excluding hydrogens is 448 g/mol. The van der Waals surface area contributed by atoms with Gasteiger partial charge in [-0.3, -0.25) is 9.80 Å². The maximum absolute atomic E-state index is 12.5. The second kappa shape index (κ2) is 11.2. The molecule has 4 rings (SSSR count). The van der Waals surface area contributed by atoms with Gasteiger partial charge in [0.2, 0.25) is 6.79 Å². The third-order valence-electron chi connectivity index (χ3n) is 5.88. The van der Waals surface area contributed by atoms with E-state index in [-0.39, 0.29) is 19.4 Å². The average molecular weight is 477 g/mol. The van der Waals surface area contributed by atoms with Gasteiger partial charge in [0.05, 0.1) is 26.4 Å². The van der Waals surface area contributed by atoms with Crippen LogP contribution < -0.4 is 9.47 Å². The lowest BCUT2D eigenvalue weighted by Gasteiger charge is -2.39. The molecule has 0 radical (unpaired) electrons. The minimum Gasteiger partial charge on any atom is -0.468 e. The number of hydrogen-bond acceptors (Lipinski definition) is 8. The van der Waals surface area contributed by atoms with Gasteiger partial charge in [-0.1, -0.05) is 35.9 Å². The van der Waals surface area contributed by atoms with E-state index in [1.54, 1.807) is 6.07 Å². The summed E-state index contributed by atoms with van der Waals surface area (Å²) in [5.74, 6) is 1.13. The Kier molecular flexibility index (Phi) is 8.06. The number of hydrogen-bond donors (Lipinski definition) is 1. The van der Waals surface area contributed by atoms with Crippen LogP contribution in [0.1, 0.15) is 17.2 Å². The van der Waals surface area contributed by atoms with Gasteiger partial charge in [-0.15, -0.1) is 0 Å². The first-order valence-electron chi connectivity index (χ1n) is 11.0. The van der Waals surface area contributed by atoms with Gasteiger partial charge in [-0.2, -0.15) is 0 Å². The molecule has 0 bridgehead atoms. The van der Waals surface area contributed by atoms with Crippen LogP contribution in [0.25, 0.3) is 0 Å². The van der Waals surface area contributed by atoms with Crippen LogP contribution in [0.3, 0.4) is 0 Å². The second-order valence-corrected chi connectivity index (χ2v) is 8.55. The summed E-state index contributed by atoms with van der Waals surface area (Å²) in [5, 5.41) is 11.0. The van der Waals surface area contributed by atoms with Crippen molar-refractivity contribution in [2.45, 2.75) is 18.8 Å². The number of β-amino-alcohol motifs (C(OH)–C–C–N with tert-alkyl or cyclic N) is 1. The van der Waals surface area contributed by atoms with Crippen molar-refractivity contribution in [3.8, 4) is 11.5 Å². The summed E-state index contributed by atoms with van der Waals surface area (Å²) >= 11 is 6.35. The van der Waals surface area contributed by atoms with Crippen LogP contribution in [0.5, 0.6) is 11.5 Å². The van der Waals surface area contributed by atoms with Gasteiger partial charge in [0, 0.05) is 37.7 Å². The minimum absolute atomic E-state index is 0.235. The van der Waals surface area contributed by atoms with Crippen molar-refractivity contribution in [3.63, 3.8) is 0 Å². The lowest BCUT2D eigenvalue weighted by atomic mass is 10.0. The fourth-order valence-electron chi connectivity index (χ4n) is 4.18. The molecule has 1 saturated heterocycles. The minimum atomic E-state index is -0.606. The van der Waals surface area contributed by atoms with Crippen LogP contribution in [0.15, 0.2) is 42.5 Å². The average Bonchev–Trinajstić information content (AvgIpc) is 3.29. The topological polar surface area (TPSA) is 80.7 Å². The molecule has 0 spiro atoms. The molecule has 0 amide bonds. The highest BCUT2D eigenvalue weighted by molar-refractivity contribution is 6.31. The monoisotopic (exact) mass is 476 g/mol. The van der Waals surface area contributed by atoms with Gasteiger partial charge in [0.25, 0.3) is 0 Å². The van der Waals surface area contributed by atoms with Crippen LogP contribution >= 0.6 is 11.6 Å². The molecule has 9 heteroatoms. The highest BCUT2D eigenvalue weighted by Gasteiger charge is 2.32. The maximum Gasteiger partial charge on any atom is 0.327 e.